The van der Waals surface area contributed by atoms with Gasteiger partial charge in [-0.05, 0) is 5.92 Å². The zero-order valence-electron chi connectivity index (χ0n) is 6.49. The molecule has 0 aromatic rings. The normalized spacial score (nSPS) is 6.89. The molecule has 0 heterocycles. The predicted octanol–water partition coefficient (Wildman–Crippen LogP) is 3.04. The van der Waals surface area contributed by atoms with Crippen LogP contribution in [0.3, 0.4) is 0 Å². The molecule has 0 rings (SSSR count). The van der Waals surface area contributed by atoms with Crippen LogP contribution in [0.1, 0.15) is 42.0 Å². The molecule has 9 heavy (non-hydrogen) atoms. The standard InChI is InChI=1S/C4H10.C3H6.CH4.W/c1-4(2)3;1-3-2;;/h4H,1-3H3;1-2H3;1H4;. The summed E-state index contributed by atoms with van der Waals surface area (Å²) >= 11 is 1.59. The molecule has 0 bridgehead atoms. The Morgan fingerprint density at radius 2 is 1.11 bits per heavy atom. The minimum atomic E-state index is 0. The molecule has 0 fully saturated rings. The van der Waals surface area contributed by atoms with Crippen LogP contribution in [0, 0.1) is 5.92 Å². The van der Waals surface area contributed by atoms with Crippen LogP contribution in [-0.2, 0) is 19.4 Å². The summed E-state index contributed by atoms with van der Waals surface area (Å²) in [7, 11) is 0. The molecule has 1 heteroatoms. The first kappa shape index (κ1) is 16.3. The number of hydrogen-bond acceptors (Lipinski definition) is 0. The second-order valence-corrected chi connectivity index (χ2v) is 5.57. The third-order valence-corrected chi connectivity index (χ3v) is 0. The van der Waals surface area contributed by atoms with Gasteiger partial charge in [-0.3, -0.25) is 0 Å². The summed E-state index contributed by atoms with van der Waals surface area (Å²) < 4.78 is 1.50. The van der Waals surface area contributed by atoms with Gasteiger partial charge in [-0.15, -0.1) is 0 Å². The Morgan fingerprint density at radius 3 is 1.11 bits per heavy atom. The molecule has 0 N–H and O–H groups in total. The van der Waals surface area contributed by atoms with Crippen LogP contribution in [0.2, 0.25) is 0 Å². The Labute approximate surface area is 71.5 Å². The van der Waals surface area contributed by atoms with Gasteiger partial charge in [0.1, 0.15) is 0 Å². The van der Waals surface area contributed by atoms with E-state index >= 15 is 0 Å². The number of hydrogen-bond donors (Lipinski definition) is 0. The first-order valence-corrected chi connectivity index (χ1v) is 4.40. The van der Waals surface area contributed by atoms with Gasteiger partial charge in [-0.25, -0.2) is 0 Å². The summed E-state index contributed by atoms with van der Waals surface area (Å²) in [4.78, 5) is 0. The van der Waals surface area contributed by atoms with E-state index in [2.05, 4.69) is 34.6 Å². The van der Waals surface area contributed by atoms with Crippen molar-refractivity contribution >= 4 is 3.90 Å². The van der Waals surface area contributed by atoms with Crippen LogP contribution in [0.5, 0.6) is 0 Å². The number of rotatable bonds is 0. The molecule has 0 aromatic heterocycles. The van der Waals surface area contributed by atoms with Crippen LogP contribution < -0.4 is 0 Å². The Bertz CT molecular complexity index is 48.8. The van der Waals surface area contributed by atoms with Crippen molar-refractivity contribution in [2.75, 3.05) is 0 Å². The van der Waals surface area contributed by atoms with Gasteiger partial charge in [0.15, 0.2) is 0 Å². The molecular formula is C8H20W. The zero-order chi connectivity index (χ0) is 7.15. The topological polar surface area (TPSA) is 0 Å². The van der Waals surface area contributed by atoms with Crippen molar-refractivity contribution in [1.29, 1.82) is 0 Å². The zero-order valence-corrected chi connectivity index (χ0v) is 9.42. The first-order valence-electron chi connectivity index (χ1n) is 2.94. The van der Waals surface area contributed by atoms with Crippen molar-refractivity contribution in [3.05, 3.63) is 0 Å². The van der Waals surface area contributed by atoms with Crippen LogP contribution in [0.4, 0.5) is 0 Å². The third-order valence-electron chi connectivity index (χ3n) is 0. The quantitative estimate of drug-likeness (QED) is 0.645. The molecule has 0 unspecified atom stereocenters. The average molecular weight is 300 g/mol. The summed E-state index contributed by atoms with van der Waals surface area (Å²) in [5, 5.41) is 0. The minimum absolute atomic E-state index is 0. The van der Waals surface area contributed by atoms with Crippen molar-refractivity contribution in [2.45, 2.75) is 42.0 Å². The van der Waals surface area contributed by atoms with E-state index in [4.69, 9.17) is 0 Å². The monoisotopic (exact) mass is 300 g/mol. The molecule has 0 amide bonds. The summed E-state index contributed by atoms with van der Waals surface area (Å²) in [6.07, 6.45) is 0. The van der Waals surface area contributed by atoms with Gasteiger partial charge in [0.25, 0.3) is 0 Å². The van der Waals surface area contributed by atoms with Crippen molar-refractivity contribution in [1.82, 2.24) is 0 Å². The fraction of sp³-hybridized carbons (Fsp3) is 0.875. The molecular weight excluding hydrogens is 280 g/mol. The second kappa shape index (κ2) is 11.4. The molecule has 0 aliphatic rings. The Kier molecular flexibility index (Phi) is 20.6. The molecule has 0 aromatic carbocycles. The summed E-state index contributed by atoms with van der Waals surface area (Å²) in [5.74, 6) is 0.833. The second-order valence-electron chi connectivity index (χ2n) is 2.64. The maximum atomic E-state index is 2.17. The SMILES string of the molecule is C.CC(C)C.C[C](C)=[W]. The maximum absolute atomic E-state index is 2.17. The molecule has 0 saturated carbocycles. The van der Waals surface area contributed by atoms with E-state index in [1.165, 1.54) is 3.90 Å². The first-order chi connectivity index (χ1) is 3.46. The molecule has 0 atom stereocenters. The molecule has 0 aliphatic carbocycles. The van der Waals surface area contributed by atoms with E-state index in [1.807, 2.05) is 0 Å². The van der Waals surface area contributed by atoms with Gasteiger partial charge in [-0.2, -0.15) is 0 Å². The Balaban J connectivity index is -0.0000000720. The van der Waals surface area contributed by atoms with Gasteiger partial charge < -0.3 is 0 Å². The van der Waals surface area contributed by atoms with Gasteiger partial charge in [0, 0.05) is 0 Å². The van der Waals surface area contributed by atoms with E-state index in [-0.39, 0.29) is 7.43 Å². The van der Waals surface area contributed by atoms with E-state index in [1.54, 1.807) is 19.4 Å². The molecule has 0 radical (unpaired) electrons. The molecule has 0 spiro atoms. The van der Waals surface area contributed by atoms with E-state index in [0.29, 0.717) is 0 Å². The molecule has 0 aliphatic heterocycles. The van der Waals surface area contributed by atoms with E-state index in [0.717, 1.165) is 5.92 Å². The molecule has 0 saturated heterocycles. The van der Waals surface area contributed by atoms with Crippen molar-refractivity contribution < 1.29 is 19.4 Å². The van der Waals surface area contributed by atoms with Gasteiger partial charge in [0.05, 0.1) is 0 Å². The predicted molar refractivity (Wildman–Crippen MR) is 43.6 cm³/mol. The Hall–Kier alpha value is 0.558. The van der Waals surface area contributed by atoms with Gasteiger partial charge in [-0.1, -0.05) is 28.2 Å². The fourth-order valence-corrected chi connectivity index (χ4v) is 0. The van der Waals surface area contributed by atoms with Gasteiger partial charge in [0.2, 0.25) is 0 Å². The van der Waals surface area contributed by atoms with Crippen molar-refractivity contribution in [3.8, 4) is 0 Å². The molecule has 0 nitrogen and oxygen atoms in total. The summed E-state index contributed by atoms with van der Waals surface area (Å²) in [5.41, 5.74) is 0. The third kappa shape index (κ3) is 1180. The Morgan fingerprint density at radius 1 is 1.11 bits per heavy atom. The van der Waals surface area contributed by atoms with Crippen LogP contribution in [0.15, 0.2) is 0 Å². The fourth-order valence-electron chi connectivity index (χ4n) is 0. The van der Waals surface area contributed by atoms with Crippen molar-refractivity contribution in [2.24, 2.45) is 5.92 Å². The molecule has 58 valence electrons. The average Bonchev–Trinajstić information content (AvgIpc) is 1.25. The summed E-state index contributed by atoms with van der Waals surface area (Å²) in [6, 6.07) is 0. The van der Waals surface area contributed by atoms with E-state index < -0.39 is 0 Å². The van der Waals surface area contributed by atoms with Gasteiger partial charge >= 0.3 is 37.1 Å². The van der Waals surface area contributed by atoms with Crippen LogP contribution in [0.25, 0.3) is 0 Å². The van der Waals surface area contributed by atoms with Crippen LogP contribution in [-0.4, -0.2) is 3.90 Å². The van der Waals surface area contributed by atoms with E-state index in [9.17, 15) is 0 Å². The van der Waals surface area contributed by atoms with Crippen molar-refractivity contribution in [3.63, 3.8) is 0 Å². The summed E-state index contributed by atoms with van der Waals surface area (Å²) in [6.45, 7) is 10.7. The van der Waals surface area contributed by atoms with Crippen LogP contribution >= 0.6 is 0 Å².